The van der Waals surface area contributed by atoms with Gasteiger partial charge in [0.2, 0.25) is 11.8 Å². The number of esters is 1. The van der Waals surface area contributed by atoms with Gasteiger partial charge in [-0.2, -0.15) is 0 Å². The highest BCUT2D eigenvalue weighted by Gasteiger charge is 2.48. The van der Waals surface area contributed by atoms with Gasteiger partial charge in [-0.3, -0.25) is 24.1 Å². The maximum atomic E-state index is 12.3. The van der Waals surface area contributed by atoms with Gasteiger partial charge in [-0.1, -0.05) is 18.0 Å². The average Bonchev–Trinajstić information content (AvgIpc) is 3.10. The molecule has 1 aromatic rings. The normalized spacial score (nSPS) is 22.7. The molecule has 0 bridgehead atoms. The molecule has 1 aromatic heterocycles. The second-order valence-corrected chi connectivity index (χ2v) is 6.29. The average molecular weight is 349 g/mol. The van der Waals surface area contributed by atoms with Crippen molar-refractivity contribution in [3.63, 3.8) is 0 Å². The lowest BCUT2D eigenvalue weighted by molar-refractivity contribution is -0.154. The highest BCUT2D eigenvalue weighted by Crippen LogP contribution is 2.37. The SMILES string of the molecule is Cc1cc(NC(=O)COC(=O)CN2C(=O)[C@H]3CCCC[C@H]3C2=O)no1. The summed E-state index contributed by atoms with van der Waals surface area (Å²) in [6.07, 6.45) is 3.20. The summed E-state index contributed by atoms with van der Waals surface area (Å²) >= 11 is 0. The van der Waals surface area contributed by atoms with Crippen molar-refractivity contribution in [2.24, 2.45) is 11.8 Å². The van der Waals surface area contributed by atoms with Crippen LogP contribution in [0.2, 0.25) is 0 Å². The molecule has 1 saturated heterocycles. The Morgan fingerprint density at radius 2 is 1.92 bits per heavy atom. The highest BCUT2D eigenvalue weighted by atomic mass is 16.5. The van der Waals surface area contributed by atoms with Crippen molar-refractivity contribution < 1.29 is 28.4 Å². The first-order valence-electron chi connectivity index (χ1n) is 8.19. The third-order valence-electron chi connectivity index (χ3n) is 4.48. The number of aryl methyl sites for hydroxylation is 1. The number of anilines is 1. The second kappa shape index (κ2) is 7.04. The number of fused-ring (bicyclic) bond motifs is 1. The molecule has 0 unspecified atom stereocenters. The van der Waals surface area contributed by atoms with Crippen LogP contribution in [0.1, 0.15) is 31.4 Å². The number of amides is 3. The lowest BCUT2D eigenvalue weighted by atomic mass is 9.81. The second-order valence-electron chi connectivity index (χ2n) is 6.29. The summed E-state index contributed by atoms with van der Waals surface area (Å²) in [6, 6.07) is 1.52. The predicted octanol–water partition coefficient (Wildman–Crippen LogP) is 0.640. The van der Waals surface area contributed by atoms with Crippen molar-refractivity contribution in [2.45, 2.75) is 32.6 Å². The van der Waals surface area contributed by atoms with Crippen LogP contribution in [0.4, 0.5) is 5.82 Å². The van der Waals surface area contributed by atoms with Gasteiger partial charge in [0.25, 0.3) is 5.91 Å². The maximum Gasteiger partial charge on any atom is 0.326 e. The quantitative estimate of drug-likeness (QED) is 0.612. The number of aromatic nitrogens is 1. The third-order valence-corrected chi connectivity index (χ3v) is 4.48. The molecule has 9 heteroatoms. The molecule has 0 radical (unpaired) electrons. The minimum absolute atomic E-state index is 0.215. The van der Waals surface area contributed by atoms with Crippen LogP contribution in [-0.4, -0.2) is 46.9 Å². The number of carbonyl (C=O) groups is 4. The first-order valence-corrected chi connectivity index (χ1v) is 8.19. The molecular formula is C16H19N3O6. The van der Waals surface area contributed by atoms with Gasteiger partial charge in [0, 0.05) is 6.07 Å². The molecule has 25 heavy (non-hydrogen) atoms. The molecule has 2 atom stereocenters. The van der Waals surface area contributed by atoms with Crippen molar-refractivity contribution in [3.05, 3.63) is 11.8 Å². The number of hydrogen-bond donors (Lipinski definition) is 1. The molecule has 134 valence electrons. The molecule has 1 aliphatic heterocycles. The van der Waals surface area contributed by atoms with Gasteiger partial charge in [0.15, 0.2) is 12.4 Å². The molecule has 2 fully saturated rings. The number of likely N-dealkylation sites (tertiary alicyclic amines) is 1. The fraction of sp³-hybridized carbons (Fsp3) is 0.562. The topological polar surface area (TPSA) is 119 Å². The van der Waals surface area contributed by atoms with E-state index in [-0.39, 0.29) is 29.5 Å². The number of nitrogens with one attached hydrogen (secondary N) is 1. The minimum atomic E-state index is -0.799. The van der Waals surface area contributed by atoms with Crippen molar-refractivity contribution in [1.29, 1.82) is 0 Å². The van der Waals surface area contributed by atoms with E-state index in [1.165, 1.54) is 6.07 Å². The van der Waals surface area contributed by atoms with E-state index in [0.717, 1.165) is 17.7 Å². The number of carbonyl (C=O) groups excluding carboxylic acids is 4. The number of ether oxygens (including phenoxy) is 1. The number of hydrogen-bond acceptors (Lipinski definition) is 7. The summed E-state index contributed by atoms with van der Waals surface area (Å²) in [4.78, 5) is 49.0. The monoisotopic (exact) mass is 349 g/mol. The number of imide groups is 1. The first kappa shape index (κ1) is 17.1. The molecule has 0 aromatic carbocycles. The summed E-state index contributed by atoms with van der Waals surface area (Å²) in [7, 11) is 0. The fourth-order valence-corrected chi connectivity index (χ4v) is 3.31. The first-order chi connectivity index (χ1) is 12.0. The maximum absolute atomic E-state index is 12.3. The van der Waals surface area contributed by atoms with Gasteiger partial charge in [-0.05, 0) is 19.8 Å². The Morgan fingerprint density at radius 3 is 2.48 bits per heavy atom. The van der Waals surface area contributed by atoms with Crippen LogP contribution in [0.15, 0.2) is 10.6 Å². The molecular weight excluding hydrogens is 330 g/mol. The zero-order valence-electron chi connectivity index (χ0n) is 13.8. The van der Waals surface area contributed by atoms with E-state index in [9.17, 15) is 19.2 Å². The van der Waals surface area contributed by atoms with Crippen LogP contribution in [0.3, 0.4) is 0 Å². The lowest BCUT2D eigenvalue weighted by Gasteiger charge is -2.19. The molecule has 2 heterocycles. The molecule has 9 nitrogen and oxygen atoms in total. The largest absolute Gasteiger partial charge is 0.454 e. The zero-order valence-corrected chi connectivity index (χ0v) is 13.8. The van der Waals surface area contributed by atoms with E-state index >= 15 is 0 Å². The molecule has 0 spiro atoms. The lowest BCUT2D eigenvalue weighted by Crippen LogP contribution is -2.37. The van der Waals surface area contributed by atoms with E-state index in [4.69, 9.17) is 9.26 Å². The van der Waals surface area contributed by atoms with E-state index in [2.05, 4.69) is 10.5 Å². The summed E-state index contributed by atoms with van der Waals surface area (Å²) in [5.74, 6) is -1.89. The molecule has 1 saturated carbocycles. The van der Waals surface area contributed by atoms with Crippen LogP contribution >= 0.6 is 0 Å². The Bertz CT molecular complexity index is 688. The van der Waals surface area contributed by atoms with Crippen LogP contribution in [0, 0.1) is 18.8 Å². The van der Waals surface area contributed by atoms with Gasteiger partial charge in [0.05, 0.1) is 11.8 Å². The number of nitrogens with zero attached hydrogens (tertiary/aromatic N) is 2. The molecule has 2 aliphatic rings. The molecule has 3 rings (SSSR count). The van der Waals surface area contributed by atoms with E-state index < -0.39 is 25.0 Å². The zero-order chi connectivity index (χ0) is 18.0. The van der Waals surface area contributed by atoms with Crippen LogP contribution in [0.25, 0.3) is 0 Å². The van der Waals surface area contributed by atoms with Gasteiger partial charge in [-0.25, -0.2) is 0 Å². The third kappa shape index (κ3) is 3.70. The molecule has 1 N–H and O–H groups in total. The Hall–Kier alpha value is -2.71. The van der Waals surface area contributed by atoms with Gasteiger partial charge in [-0.15, -0.1) is 0 Å². The van der Waals surface area contributed by atoms with E-state index in [1.807, 2.05) is 0 Å². The van der Waals surface area contributed by atoms with Crippen molar-refractivity contribution >= 4 is 29.5 Å². The number of rotatable bonds is 5. The summed E-state index contributed by atoms with van der Waals surface area (Å²) in [5.41, 5.74) is 0. The summed E-state index contributed by atoms with van der Waals surface area (Å²) < 4.78 is 9.63. The van der Waals surface area contributed by atoms with E-state index in [1.54, 1.807) is 6.92 Å². The highest BCUT2D eigenvalue weighted by molar-refractivity contribution is 6.07. The Labute approximate surface area is 143 Å². The fourth-order valence-electron chi connectivity index (χ4n) is 3.31. The van der Waals surface area contributed by atoms with Gasteiger partial charge < -0.3 is 14.6 Å². The van der Waals surface area contributed by atoms with Gasteiger partial charge in [0.1, 0.15) is 12.3 Å². The smallest absolute Gasteiger partial charge is 0.326 e. The van der Waals surface area contributed by atoms with Crippen molar-refractivity contribution in [3.8, 4) is 0 Å². The van der Waals surface area contributed by atoms with Crippen molar-refractivity contribution in [1.82, 2.24) is 10.1 Å². The summed E-state index contributed by atoms with van der Waals surface area (Å²) in [6.45, 7) is 0.680. The van der Waals surface area contributed by atoms with Gasteiger partial charge >= 0.3 is 5.97 Å². The Morgan fingerprint density at radius 1 is 1.28 bits per heavy atom. The summed E-state index contributed by atoms with van der Waals surface area (Å²) in [5, 5.41) is 5.98. The Kier molecular flexibility index (Phi) is 4.82. The van der Waals surface area contributed by atoms with E-state index in [0.29, 0.717) is 18.6 Å². The molecule has 1 aliphatic carbocycles. The molecule has 3 amide bonds. The van der Waals surface area contributed by atoms with Crippen molar-refractivity contribution in [2.75, 3.05) is 18.5 Å². The predicted molar refractivity (Wildman–Crippen MR) is 83.0 cm³/mol. The Balaban J connectivity index is 1.48. The van der Waals surface area contributed by atoms with Crippen LogP contribution in [-0.2, 0) is 23.9 Å². The standard InChI is InChI=1S/C16H19N3O6/c1-9-6-12(18-25-9)17-13(20)8-24-14(21)7-19-15(22)10-4-2-3-5-11(10)16(19)23/h6,10-11H,2-5,7-8H2,1H3,(H,17,18,20)/t10-,11+. The van der Waals surface area contributed by atoms with Crippen LogP contribution in [0.5, 0.6) is 0 Å². The van der Waals surface area contributed by atoms with Crippen LogP contribution < -0.4 is 5.32 Å². The minimum Gasteiger partial charge on any atom is -0.454 e.